The molecule has 1 amide bonds. The summed E-state index contributed by atoms with van der Waals surface area (Å²) in [7, 11) is -1.19. The van der Waals surface area contributed by atoms with Crippen LogP contribution in [0.3, 0.4) is 0 Å². The van der Waals surface area contributed by atoms with Gasteiger partial charge in [0.2, 0.25) is 10.0 Å². The van der Waals surface area contributed by atoms with Gasteiger partial charge in [0.25, 0.3) is 5.91 Å². The lowest BCUT2D eigenvalue weighted by Gasteiger charge is -2.33. The molecule has 2 aromatic rings. The molecule has 1 saturated carbocycles. The maximum Gasteiger partial charge on any atom is 0.255 e. The fourth-order valence-electron chi connectivity index (χ4n) is 4.45. The van der Waals surface area contributed by atoms with Crippen molar-refractivity contribution in [2.45, 2.75) is 32.2 Å². The van der Waals surface area contributed by atoms with Gasteiger partial charge >= 0.3 is 0 Å². The Balaban J connectivity index is 1.47. The topological polar surface area (TPSA) is 71.4 Å². The van der Waals surface area contributed by atoms with Gasteiger partial charge in [0, 0.05) is 37.6 Å². The zero-order valence-electron chi connectivity index (χ0n) is 16.6. The first-order valence-electron chi connectivity index (χ1n) is 9.68. The fraction of sp³-hybridized carbons (Fsp3) is 0.476. The summed E-state index contributed by atoms with van der Waals surface area (Å²) < 4.78 is 27.8. The molecule has 6 nitrogen and oxygen atoms in total. The van der Waals surface area contributed by atoms with E-state index in [2.05, 4.69) is 21.4 Å². The van der Waals surface area contributed by atoms with Crippen LogP contribution in [-0.2, 0) is 17.1 Å². The summed E-state index contributed by atoms with van der Waals surface area (Å²) in [6.07, 6.45) is 3.79. The largest absolute Gasteiger partial charge is 0.347 e. The monoisotopic (exact) mass is 401 g/mol. The number of rotatable bonds is 4. The summed E-state index contributed by atoms with van der Waals surface area (Å²) in [6, 6.07) is 12.1. The number of nitrogens with zero attached hydrogens (tertiary/aromatic N) is 2. The number of likely N-dealkylation sites (tertiary alicyclic amines) is 1. The summed E-state index contributed by atoms with van der Waals surface area (Å²) in [5, 5.41) is 0. The summed E-state index contributed by atoms with van der Waals surface area (Å²) in [5.41, 5.74) is 3.89. The number of hydrogen-bond acceptors (Lipinski definition) is 3. The summed E-state index contributed by atoms with van der Waals surface area (Å²) >= 11 is 0. The zero-order chi connectivity index (χ0) is 20.1. The van der Waals surface area contributed by atoms with Gasteiger partial charge in [-0.1, -0.05) is 30.3 Å². The van der Waals surface area contributed by atoms with E-state index in [4.69, 9.17) is 0 Å². The molecule has 1 atom stereocenters. The summed E-state index contributed by atoms with van der Waals surface area (Å²) in [5.74, 6) is 0.0680. The van der Waals surface area contributed by atoms with E-state index in [1.807, 2.05) is 43.1 Å². The number of aromatic nitrogens is 1. The third kappa shape index (κ3) is 3.49. The van der Waals surface area contributed by atoms with Gasteiger partial charge in [0.05, 0.1) is 11.8 Å². The molecular formula is C21H27N3O3S. The van der Waals surface area contributed by atoms with E-state index >= 15 is 0 Å². The molecule has 150 valence electrons. The number of amides is 1. The van der Waals surface area contributed by atoms with Crippen LogP contribution in [0, 0.1) is 12.3 Å². The highest BCUT2D eigenvalue weighted by Gasteiger charge is 2.56. The van der Waals surface area contributed by atoms with Gasteiger partial charge in [0.1, 0.15) is 0 Å². The Morgan fingerprint density at radius 2 is 1.82 bits per heavy atom. The van der Waals surface area contributed by atoms with Crippen LogP contribution < -0.4 is 4.72 Å². The molecule has 2 fully saturated rings. The molecule has 2 aliphatic rings. The van der Waals surface area contributed by atoms with Crippen molar-refractivity contribution in [2.24, 2.45) is 12.5 Å². The van der Waals surface area contributed by atoms with E-state index in [0.717, 1.165) is 41.8 Å². The number of sulfonamides is 1. The lowest BCUT2D eigenvalue weighted by atomic mass is 9.92. The van der Waals surface area contributed by atoms with Crippen molar-refractivity contribution < 1.29 is 13.2 Å². The Morgan fingerprint density at radius 3 is 2.43 bits per heavy atom. The van der Waals surface area contributed by atoms with Gasteiger partial charge in [0.15, 0.2) is 0 Å². The fourth-order valence-corrected chi connectivity index (χ4v) is 5.30. The normalized spacial score (nSPS) is 21.1. The minimum atomic E-state index is -3.18. The maximum atomic E-state index is 13.2. The van der Waals surface area contributed by atoms with Crippen LogP contribution in [0.4, 0.5) is 0 Å². The first-order valence-corrected chi connectivity index (χ1v) is 11.6. The first kappa shape index (κ1) is 19.2. The molecule has 2 heterocycles. The average molecular weight is 402 g/mol. The van der Waals surface area contributed by atoms with Crippen LogP contribution in [0.15, 0.2) is 36.4 Å². The van der Waals surface area contributed by atoms with Crippen molar-refractivity contribution in [3.63, 3.8) is 0 Å². The van der Waals surface area contributed by atoms with Crippen LogP contribution in [0.2, 0.25) is 0 Å². The van der Waals surface area contributed by atoms with Gasteiger partial charge in [-0.3, -0.25) is 4.79 Å². The number of nitrogens with one attached hydrogen (secondary N) is 1. The van der Waals surface area contributed by atoms with Gasteiger partial charge < -0.3 is 9.47 Å². The predicted molar refractivity (Wildman–Crippen MR) is 110 cm³/mol. The lowest BCUT2D eigenvalue weighted by molar-refractivity contribution is 0.0673. The van der Waals surface area contributed by atoms with Crippen LogP contribution in [0.1, 0.15) is 35.3 Å². The van der Waals surface area contributed by atoms with E-state index in [0.29, 0.717) is 13.1 Å². The molecule has 0 radical (unpaired) electrons. The summed E-state index contributed by atoms with van der Waals surface area (Å²) in [4.78, 5) is 15.1. The molecule has 1 aromatic heterocycles. The second kappa shape index (κ2) is 6.74. The highest BCUT2D eigenvalue weighted by Crippen LogP contribution is 2.54. The van der Waals surface area contributed by atoms with Crippen molar-refractivity contribution in [1.82, 2.24) is 14.2 Å². The molecule has 1 aliphatic carbocycles. The second-order valence-corrected chi connectivity index (χ2v) is 10.0. The SMILES string of the molecule is Cc1c(C(=O)N2CCC3(CC2)CC3NS(C)(=O)=O)cc(-c2ccccc2)n1C. The van der Waals surface area contributed by atoms with Crippen molar-refractivity contribution in [1.29, 1.82) is 0 Å². The highest BCUT2D eigenvalue weighted by atomic mass is 32.2. The number of hydrogen-bond donors (Lipinski definition) is 1. The molecule has 7 heteroatoms. The smallest absolute Gasteiger partial charge is 0.255 e. The Hall–Kier alpha value is -2.12. The van der Waals surface area contributed by atoms with Crippen molar-refractivity contribution >= 4 is 15.9 Å². The Kier molecular flexibility index (Phi) is 4.62. The van der Waals surface area contributed by atoms with Crippen molar-refractivity contribution in [3.8, 4) is 11.3 Å². The molecule has 1 aliphatic heterocycles. The first-order chi connectivity index (χ1) is 13.2. The second-order valence-electron chi connectivity index (χ2n) is 8.26. The highest BCUT2D eigenvalue weighted by molar-refractivity contribution is 7.88. The molecule has 1 unspecified atom stereocenters. The van der Waals surface area contributed by atoms with Gasteiger partial charge in [-0.2, -0.15) is 0 Å². The standard InChI is InChI=1S/C21H27N3O3S/c1-15-17(13-18(23(15)2)16-7-5-4-6-8-16)20(25)24-11-9-21(10-12-24)14-19(21)22-28(3,26)27/h4-8,13,19,22H,9-12,14H2,1-3H3. The molecule has 0 bridgehead atoms. The van der Waals surface area contributed by atoms with Gasteiger partial charge in [-0.15, -0.1) is 0 Å². The molecule has 1 aromatic carbocycles. The Morgan fingerprint density at radius 1 is 1.18 bits per heavy atom. The lowest BCUT2D eigenvalue weighted by Crippen LogP contribution is -2.41. The number of benzene rings is 1. The summed E-state index contributed by atoms with van der Waals surface area (Å²) in [6.45, 7) is 3.34. The minimum absolute atomic E-state index is 0.0305. The van der Waals surface area contributed by atoms with Crippen molar-refractivity contribution in [2.75, 3.05) is 19.3 Å². The molecule has 1 spiro atoms. The minimum Gasteiger partial charge on any atom is -0.347 e. The maximum absolute atomic E-state index is 13.2. The average Bonchev–Trinajstić information content (AvgIpc) is 3.20. The van der Waals surface area contributed by atoms with Gasteiger partial charge in [-0.05, 0) is 43.2 Å². The number of carbonyl (C=O) groups excluding carboxylic acids is 1. The van der Waals surface area contributed by atoms with E-state index in [-0.39, 0.29) is 17.4 Å². The Bertz CT molecular complexity index is 1000. The van der Waals surface area contributed by atoms with Crippen LogP contribution in [0.5, 0.6) is 0 Å². The molecule has 4 rings (SSSR count). The third-order valence-electron chi connectivity index (χ3n) is 6.43. The van der Waals surface area contributed by atoms with E-state index in [1.54, 1.807) is 0 Å². The van der Waals surface area contributed by atoms with Gasteiger partial charge in [-0.25, -0.2) is 13.1 Å². The van der Waals surface area contributed by atoms with Crippen molar-refractivity contribution in [3.05, 3.63) is 47.7 Å². The Labute approximate surface area is 166 Å². The van der Waals surface area contributed by atoms with E-state index in [1.165, 1.54) is 6.26 Å². The molecular weight excluding hydrogens is 374 g/mol. The molecule has 28 heavy (non-hydrogen) atoms. The van der Waals surface area contributed by atoms with Crippen LogP contribution in [0.25, 0.3) is 11.3 Å². The quantitative estimate of drug-likeness (QED) is 0.856. The molecule has 1 N–H and O–H groups in total. The number of piperidine rings is 1. The van der Waals surface area contributed by atoms with E-state index < -0.39 is 10.0 Å². The zero-order valence-corrected chi connectivity index (χ0v) is 17.4. The van der Waals surface area contributed by atoms with Crippen LogP contribution >= 0.6 is 0 Å². The number of carbonyl (C=O) groups is 1. The predicted octanol–water partition coefficient (Wildman–Crippen LogP) is 2.54. The third-order valence-corrected chi connectivity index (χ3v) is 7.14. The molecule has 1 saturated heterocycles. The van der Waals surface area contributed by atoms with E-state index in [9.17, 15) is 13.2 Å². The van der Waals surface area contributed by atoms with Crippen LogP contribution in [-0.4, -0.2) is 49.2 Å².